The minimum absolute atomic E-state index is 0.283. The van der Waals surface area contributed by atoms with Crippen molar-refractivity contribution in [3.8, 4) is 11.3 Å². The average molecular weight is 254 g/mol. The van der Waals surface area contributed by atoms with Crippen LogP contribution in [0.5, 0.6) is 0 Å². The lowest BCUT2D eigenvalue weighted by Crippen LogP contribution is -1.96. The summed E-state index contributed by atoms with van der Waals surface area (Å²) < 4.78 is 13.4. The zero-order valence-electron chi connectivity index (χ0n) is 10.3. The van der Waals surface area contributed by atoms with Crippen molar-refractivity contribution in [2.75, 3.05) is 5.73 Å². The van der Waals surface area contributed by atoms with Crippen molar-refractivity contribution >= 4 is 16.9 Å². The van der Waals surface area contributed by atoms with Crippen molar-refractivity contribution in [1.29, 1.82) is 0 Å². The number of nitrogen functional groups attached to an aromatic ring is 1. The Labute approximate surface area is 109 Å². The molecule has 2 aromatic heterocycles. The lowest BCUT2D eigenvalue weighted by atomic mass is 10.1. The molecule has 3 rings (SSSR count). The molecule has 19 heavy (non-hydrogen) atoms. The molecule has 3 aromatic rings. The first-order valence-electron chi connectivity index (χ1n) is 5.78. The molecule has 0 atom stereocenters. The van der Waals surface area contributed by atoms with Gasteiger partial charge in [-0.05, 0) is 42.8 Å². The summed E-state index contributed by atoms with van der Waals surface area (Å²) in [6.45, 7) is 1.84. The number of nitrogens with zero attached hydrogens (tertiary/aromatic N) is 3. The van der Waals surface area contributed by atoms with E-state index in [1.165, 1.54) is 18.5 Å². The van der Waals surface area contributed by atoms with Gasteiger partial charge in [0.15, 0.2) is 5.82 Å². The lowest BCUT2D eigenvalue weighted by Gasteiger charge is -2.05. The maximum Gasteiger partial charge on any atom is 0.153 e. The van der Waals surface area contributed by atoms with E-state index in [1.54, 1.807) is 12.1 Å². The van der Waals surface area contributed by atoms with E-state index >= 15 is 0 Å². The summed E-state index contributed by atoms with van der Waals surface area (Å²) in [7, 11) is 0. The van der Waals surface area contributed by atoms with E-state index in [0.717, 1.165) is 5.56 Å². The fraction of sp³-hybridized carbons (Fsp3) is 0.0714. The van der Waals surface area contributed by atoms with Crippen molar-refractivity contribution in [3.05, 3.63) is 48.0 Å². The largest absolute Gasteiger partial charge is 0.382 e. The molecule has 0 aliphatic rings. The number of aryl methyl sites for hydroxylation is 1. The second-order valence-corrected chi connectivity index (χ2v) is 4.34. The van der Waals surface area contributed by atoms with E-state index < -0.39 is 0 Å². The molecule has 0 saturated carbocycles. The first kappa shape index (κ1) is 11.5. The van der Waals surface area contributed by atoms with E-state index in [4.69, 9.17) is 5.73 Å². The maximum absolute atomic E-state index is 13.4. The fourth-order valence-corrected chi connectivity index (χ4v) is 2.00. The van der Waals surface area contributed by atoms with Crippen molar-refractivity contribution in [3.63, 3.8) is 0 Å². The summed E-state index contributed by atoms with van der Waals surface area (Å²) in [5.41, 5.74) is 9.18. The van der Waals surface area contributed by atoms with Crippen LogP contribution in [-0.2, 0) is 0 Å². The highest BCUT2D eigenvalue weighted by Gasteiger charge is 2.07. The molecule has 0 saturated heterocycles. The Kier molecular flexibility index (Phi) is 2.59. The third-order valence-electron chi connectivity index (χ3n) is 2.85. The van der Waals surface area contributed by atoms with E-state index in [-0.39, 0.29) is 5.82 Å². The Morgan fingerprint density at radius 3 is 2.74 bits per heavy atom. The maximum atomic E-state index is 13.4. The van der Waals surface area contributed by atoms with Gasteiger partial charge < -0.3 is 5.73 Å². The van der Waals surface area contributed by atoms with Gasteiger partial charge >= 0.3 is 0 Å². The van der Waals surface area contributed by atoms with Crippen LogP contribution in [0.15, 0.2) is 36.7 Å². The number of pyridine rings is 1. The summed E-state index contributed by atoms with van der Waals surface area (Å²) in [5.74, 6) is 0.0363. The minimum Gasteiger partial charge on any atom is -0.382 e. The molecule has 0 amide bonds. The third-order valence-corrected chi connectivity index (χ3v) is 2.85. The average Bonchev–Trinajstić information content (AvgIpc) is 2.38. The van der Waals surface area contributed by atoms with Crippen LogP contribution in [0.3, 0.4) is 0 Å². The van der Waals surface area contributed by atoms with Crippen LogP contribution in [0.25, 0.3) is 22.3 Å². The highest BCUT2D eigenvalue weighted by Crippen LogP contribution is 2.23. The number of hydrogen-bond acceptors (Lipinski definition) is 4. The van der Waals surface area contributed by atoms with Crippen LogP contribution in [0.1, 0.15) is 5.56 Å². The minimum atomic E-state index is -0.283. The number of fused-ring (bicyclic) bond motifs is 1. The molecule has 5 heteroatoms. The summed E-state index contributed by atoms with van der Waals surface area (Å²) in [6.07, 6.45) is 1.39. The molecule has 1 aromatic carbocycles. The van der Waals surface area contributed by atoms with Gasteiger partial charge in [0.1, 0.15) is 17.7 Å². The second-order valence-electron chi connectivity index (χ2n) is 4.34. The number of hydrogen-bond donors (Lipinski definition) is 1. The number of halogens is 1. The molecule has 0 aliphatic carbocycles. The summed E-state index contributed by atoms with van der Waals surface area (Å²) in [5, 5.41) is 0. The summed E-state index contributed by atoms with van der Waals surface area (Å²) in [6, 6.07) is 8.39. The molecule has 0 radical (unpaired) electrons. The Bertz CT molecular complexity index is 750. The topological polar surface area (TPSA) is 64.7 Å². The van der Waals surface area contributed by atoms with E-state index in [1.807, 2.05) is 13.0 Å². The first-order valence-corrected chi connectivity index (χ1v) is 5.78. The highest BCUT2D eigenvalue weighted by molar-refractivity contribution is 5.85. The van der Waals surface area contributed by atoms with Gasteiger partial charge in [-0.25, -0.2) is 19.3 Å². The Morgan fingerprint density at radius 2 is 1.95 bits per heavy atom. The van der Waals surface area contributed by atoms with Crippen molar-refractivity contribution in [2.24, 2.45) is 0 Å². The van der Waals surface area contributed by atoms with Crippen LogP contribution in [0.4, 0.5) is 10.2 Å². The molecule has 2 heterocycles. The molecule has 0 unspecified atom stereocenters. The van der Waals surface area contributed by atoms with Crippen LogP contribution >= 0.6 is 0 Å². The van der Waals surface area contributed by atoms with Gasteiger partial charge in [-0.15, -0.1) is 0 Å². The van der Waals surface area contributed by atoms with Gasteiger partial charge in [0, 0.05) is 5.56 Å². The quantitative estimate of drug-likeness (QED) is 0.725. The molecule has 0 spiro atoms. The predicted octanol–water partition coefficient (Wildman–Crippen LogP) is 2.72. The first-order chi connectivity index (χ1) is 9.13. The fourth-order valence-electron chi connectivity index (χ4n) is 2.00. The van der Waals surface area contributed by atoms with Gasteiger partial charge in [-0.1, -0.05) is 0 Å². The van der Waals surface area contributed by atoms with Crippen LogP contribution in [0.2, 0.25) is 0 Å². The molecule has 0 bridgehead atoms. The molecule has 0 aliphatic heterocycles. The second kappa shape index (κ2) is 4.28. The normalized spacial score (nSPS) is 10.8. The Balaban J connectivity index is 2.22. The Morgan fingerprint density at radius 1 is 1.11 bits per heavy atom. The van der Waals surface area contributed by atoms with Gasteiger partial charge in [0.25, 0.3) is 0 Å². The number of benzene rings is 1. The smallest absolute Gasteiger partial charge is 0.153 e. The van der Waals surface area contributed by atoms with E-state index in [0.29, 0.717) is 28.1 Å². The van der Waals surface area contributed by atoms with Gasteiger partial charge in [-0.3, -0.25) is 0 Å². The molecular weight excluding hydrogens is 243 g/mol. The predicted molar refractivity (Wildman–Crippen MR) is 71.9 cm³/mol. The SMILES string of the molecule is Cc1cc(F)cc(-c2ccc3ncnc(N)c3n2)c1. The number of nitrogens with two attached hydrogens (primary N) is 1. The van der Waals surface area contributed by atoms with Gasteiger partial charge in [0.2, 0.25) is 0 Å². The zero-order valence-corrected chi connectivity index (χ0v) is 10.3. The van der Waals surface area contributed by atoms with Crippen LogP contribution in [0, 0.1) is 12.7 Å². The third kappa shape index (κ3) is 2.10. The van der Waals surface area contributed by atoms with Crippen molar-refractivity contribution < 1.29 is 4.39 Å². The molecule has 2 N–H and O–H groups in total. The molecule has 0 fully saturated rings. The Hall–Kier alpha value is -2.56. The zero-order chi connectivity index (χ0) is 13.4. The van der Waals surface area contributed by atoms with Gasteiger partial charge in [-0.2, -0.15) is 0 Å². The summed E-state index contributed by atoms with van der Waals surface area (Å²) in [4.78, 5) is 12.4. The van der Waals surface area contributed by atoms with E-state index in [9.17, 15) is 4.39 Å². The standard InChI is InChI=1S/C14H11FN4/c1-8-4-9(6-10(15)5-8)11-2-3-12-13(19-11)14(16)18-7-17-12/h2-7H,1H3,(H2,16,17,18). The number of aromatic nitrogens is 3. The highest BCUT2D eigenvalue weighted by atomic mass is 19.1. The monoisotopic (exact) mass is 254 g/mol. The molecule has 94 valence electrons. The van der Waals surface area contributed by atoms with Gasteiger partial charge in [0.05, 0.1) is 11.2 Å². The number of rotatable bonds is 1. The summed E-state index contributed by atoms with van der Waals surface area (Å²) >= 11 is 0. The molecular formula is C14H11FN4. The number of anilines is 1. The van der Waals surface area contributed by atoms with E-state index in [2.05, 4.69) is 15.0 Å². The van der Waals surface area contributed by atoms with Crippen LogP contribution < -0.4 is 5.73 Å². The lowest BCUT2D eigenvalue weighted by molar-refractivity contribution is 0.627. The van der Waals surface area contributed by atoms with Crippen molar-refractivity contribution in [2.45, 2.75) is 6.92 Å². The van der Waals surface area contributed by atoms with Crippen molar-refractivity contribution in [1.82, 2.24) is 15.0 Å². The molecule has 4 nitrogen and oxygen atoms in total. The van der Waals surface area contributed by atoms with Crippen LogP contribution in [-0.4, -0.2) is 15.0 Å².